The number of furan rings is 1. The van der Waals surface area contributed by atoms with Gasteiger partial charge in [-0.3, -0.25) is 0 Å². The summed E-state index contributed by atoms with van der Waals surface area (Å²) in [7, 11) is 0. The van der Waals surface area contributed by atoms with Crippen LogP contribution in [-0.2, 0) is 0 Å². The maximum Gasteiger partial charge on any atom is 0.136 e. The maximum absolute atomic E-state index is 6.28. The van der Waals surface area contributed by atoms with Crippen LogP contribution in [0.5, 0.6) is 0 Å². The molecule has 0 N–H and O–H groups in total. The Morgan fingerprint density at radius 1 is 0.408 bits per heavy atom. The molecule has 230 valence electrons. The molecule has 0 radical (unpaired) electrons. The molecule has 2 heterocycles. The van der Waals surface area contributed by atoms with Crippen LogP contribution >= 0.6 is 11.3 Å². The Labute approximate surface area is 287 Å². The molecule has 2 aromatic heterocycles. The highest BCUT2D eigenvalue weighted by Gasteiger charge is 2.19. The molecule has 0 amide bonds. The maximum atomic E-state index is 6.28. The van der Waals surface area contributed by atoms with Crippen LogP contribution < -0.4 is 4.90 Å². The summed E-state index contributed by atoms with van der Waals surface area (Å²) in [6.45, 7) is 0. The lowest BCUT2D eigenvalue weighted by atomic mass is 9.98. The number of para-hydroxylation sites is 1. The Morgan fingerprint density at radius 3 is 2.02 bits per heavy atom. The lowest BCUT2D eigenvalue weighted by molar-refractivity contribution is 0.669. The van der Waals surface area contributed by atoms with E-state index in [0.717, 1.165) is 50.1 Å². The Bertz CT molecular complexity index is 2830. The van der Waals surface area contributed by atoms with Gasteiger partial charge in [0.15, 0.2) is 0 Å². The number of thiophene rings is 1. The zero-order chi connectivity index (χ0) is 32.3. The standard InChI is InChI=1S/C46H29NOS/c1-2-11-30(12-3-1)31-23-25-34(26-24-31)47(41-19-9-14-33-28-45-40(29-39(33)41)37-16-5-7-22-44(37)49-45)35-15-8-13-32(27-35)36-18-10-21-43-46(36)38-17-4-6-20-42(38)48-43/h1-29H. The highest BCUT2D eigenvalue weighted by molar-refractivity contribution is 7.25. The molecule has 0 unspecified atom stereocenters. The monoisotopic (exact) mass is 643 g/mol. The van der Waals surface area contributed by atoms with E-state index < -0.39 is 0 Å². The highest BCUT2D eigenvalue weighted by Crippen LogP contribution is 2.45. The van der Waals surface area contributed by atoms with E-state index in [0.29, 0.717) is 0 Å². The summed E-state index contributed by atoms with van der Waals surface area (Å²) in [5, 5.41) is 7.33. The number of hydrogen-bond donors (Lipinski definition) is 0. The van der Waals surface area contributed by atoms with Gasteiger partial charge >= 0.3 is 0 Å². The van der Waals surface area contributed by atoms with Crippen LogP contribution in [0, 0.1) is 0 Å². The fourth-order valence-electron chi connectivity index (χ4n) is 7.36. The van der Waals surface area contributed by atoms with Crippen molar-refractivity contribution in [3.05, 3.63) is 176 Å². The quantitative estimate of drug-likeness (QED) is 0.186. The highest BCUT2D eigenvalue weighted by atomic mass is 32.1. The lowest BCUT2D eigenvalue weighted by Crippen LogP contribution is -2.10. The van der Waals surface area contributed by atoms with Crippen LogP contribution in [0.2, 0.25) is 0 Å². The van der Waals surface area contributed by atoms with E-state index in [9.17, 15) is 0 Å². The number of nitrogens with zero attached hydrogens (tertiary/aromatic N) is 1. The fourth-order valence-corrected chi connectivity index (χ4v) is 8.50. The summed E-state index contributed by atoms with van der Waals surface area (Å²) in [5.41, 5.74) is 9.86. The minimum Gasteiger partial charge on any atom is -0.456 e. The van der Waals surface area contributed by atoms with Gasteiger partial charge in [-0.1, -0.05) is 115 Å². The second-order valence-corrected chi connectivity index (χ2v) is 13.6. The third kappa shape index (κ3) is 4.62. The zero-order valence-electron chi connectivity index (χ0n) is 26.5. The van der Waals surface area contributed by atoms with Gasteiger partial charge in [0.1, 0.15) is 11.2 Å². The second kappa shape index (κ2) is 11.2. The van der Waals surface area contributed by atoms with Gasteiger partial charge in [-0.05, 0) is 88.3 Å². The van der Waals surface area contributed by atoms with E-state index in [2.05, 4.69) is 169 Å². The first kappa shape index (κ1) is 27.9. The molecule has 0 spiro atoms. The van der Waals surface area contributed by atoms with Crippen LogP contribution in [-0.4, -0.2) is 0 Å². The van der Waals surface area contributed by atoms with Crippen molar-refractivity contribution >= 4 is 81.3 Å². The van der Waals surface area contributed by atoms with E-state index in [1.807, 2.05) is 23.5 Å². The summed E-state index contributed by atoms with van der Waals surface area (Å²) in [6, 6.07) is 63.3. The SMILES string of the molecule is c1ccc(-c2ccc(N(c3cccc(-c4cccc5oc6ccccc6c45)c3)c3cccc4cc5sc6ccccc6c5cc34)cc2)cc1. The largest absolute Gasteiger partial charge is 0.456 e. The average Bonchev–Trinajstić information content (AvgIpc) is 3.73. The van der Waals surface area contributed by atoms with Gasteiger partial charge in [-0.15, -0.1) is 11.3 Å². The van der Waals surface area contributed by atoms with Crippen molar-refractivity contribution < 1.29 is 4.42 Å². The number of rotatable bonds is 5. The Kier molecular flexibility index (Phi) is 6.39. The Hall–Kier alpha value is -6.16. The van der Waals surface area contributed by atoms with Gasteiger partial charge < -0.3 is 9.32 Å². The van der Waals surface area contributed by atoms with Crippen molar-refractivity contribution in [3.8, 4) is 22.3 Å². The topological polar surface area (TPSA) is 16.4 Å². The van der Waals surface area contributed by atoms with Crippen LogP contribution in [0.25, 0.3) is 75.1 Å². The Morgan fingerprint density at radius 2 is 1.12 bits per heavy atom. The predicted molar refractivity (Wildman–Crippen MR) is 210 cm³/mol. The normalized spacial score (nSPS) is 11.7. The number of hydrogen-bond acceptors (Lipinski definition) is 3. The number of fused-ring (bicyclic) bond motifs is 7. The van der Waals surface area contributed by atoms with Gasteiger partial charge in [0.2, 0.25) is 0 Å². The summed E-state index contributed by atoms with van der Waals surface area (Å²) < 4.78 is 8.90. The lowest BCUT2D eigenvalue weighted by Gasteiger charge is -2.27. The van der Waals surface area contributed by atoms with Crippen molar-refractivity contribution in [1.82, 2.24) is 0 Å². The van der Waals surface area contributed by atoms with E-state index in [4.69, 9.17) is 4.42 Å². The fraction of sp³-hybridized carbons (Fsp3) is 0. The third-order valence-corrected chi connectivity index (χ3v) is 10.8. The van der Waals surface area contributed by atoms with Crippen LogP contribution in [0.15, 0.2) is 180 Å². The van der Waals surface area contributed by atoms with Crippen molar-refractivity contribution in [3.63, 3.8) is 0 Å². The third-order valence-electron chi connectivity index (χ3n) is 9.65. The second-order valence-electron chi connectivity index (χ2n) is 12.5. The van der Waals surface area contributed by atoms with Gasteiger partial charge in [0.05, 0.1) is 5.69 Å². The van der Waals surface area contributed by atoms with Gasteiger partial charge in [0.25, 0.3) is 0 Å². The Balaban J connectivity index is 1.20. The van der Waals surface area contributed by atoms with E-state index in [-0.39, 0.29) is 0 Å². The van der Waals surface area contributed by atoms with Crippen LogP contribution in [0.3, 0.4) is 0 Å². The van der Waals surface area contributed by atoms with Gasteiger partial charge in [0, 0.05) is 47.7 Å². The molecule has 3 heteroatoms. The van der Waals surface area contributed by atoms with Crippen molar-refractivity contribution in [2.75, 3.05) is 4.90 Å². The first-order valence-corrected chi connectivity index (χ1v) is 17.4. The van der Waals surface area contributed by atoms with E-state index in [1.165, 1.54) is 42.1 Å². The summed E-state index contributed by atoms with van der Waals surface area (Å²) in [4.78, 5) is 2.41. The molecule has 0 saturated carbocycles. The van der Waals surface area contributed by atoms with E-state index >= 15 is 0 Å². The molecule has 0 atom stereocenters. The van der Waals surface area contributed by atoms with Crippen molar-refractivity contribution in [1.29, 1.82) is 0 Å². The van der Waals surface area contributed by atoms with Crippen LogP contribution in [0.1, 0.15) is 0 Å². The summed E-state index contributed by atoms with van der Waals surface area (Å²) in [6.07, 6.45) is 0. The molecule has 0 aliphatic rings. The molecule has 0 bridgehead atoms. The molecule has 10 rings (SSSR count). The first-order valence-electron chi connectivity index (χ1n) is 16.6. The predicted octanol–water partition coefficient (Wildman–Crippen LogP) is 13.9. The first-order chi connectivity index (χ1) is 24.3. The van der Waals surface area contributed by atoms with Crippen molar-refractivity contribution in [2.45, 2.75) is 0 Å². The molecular weight excluding hydrogens is 615 g/mol. The molecule has 0 saturated heterocycles. The molecule has 0 fully saturated rings. The molecule has 0 aliphatic carbocycles. The zero-order valence-corrected chi connectivity index (χ0v) is 27.3. The minimum atomic E-state index is 0.901. The van der Waals surface area contributed by atoms with Gasteiger partial charge in [-0.25, -0.2) is 0 Å². The molecule has 8 aromatic carbocycles. The average molecular weight is 644 g/mol. The van der Waals surface area contributed by atoms with Crippen LogP contribution in [0.4, 0.5) is 17.1 Å². The molecule has 0 aliphatic heterocycles. The van der Waals surface area contributed by atoms with E-state index in [1.54, 1.807) is 0 Å². The number of anilines is 3. The summed E-state index contributed by atoms with van der Waals surface area (Å²) >= 11 is 1.86. The van der Waals surface area contributed by atoms with Gasteiger partial charge in [-0.2, -0.15) is 0 Å². The minimum absolute atomic E-state index is 0.901. The molecule has 2 nitrogen and oxygen atoms in total. The van der Waals surface area contributed by atoms with Crippen molar-refractivity contribution in [2.24, 2.45) is 0 Å². The smallest absolute Gasteiger partial charge is 0.136 e. The molecule has 49 heavy (non-hydrogen) atoms. The molecule has 10 aromatic rings. The summed E-state index contributed by atoms with van der Waals surface area (Å²) in [5.74, 6) is 0. The number of benzene rings is 8. The molecular formula is C46H29NOS.